The van der Waals surface area contributed by atoms with E-state index in [1.54, 1.807) is 6.33 Å². The molecule has 1 aromatic rings. The van der Waals surface area contributed by atoms with Gasteiger partial charge in [-0.2, -0.15) is 0 Å². The van der Waals surface area contributed by atoms with Crippen LogP contribution in [0.4, 0.5) is 0 Å². The summed E-state index contributed by atoms with van der Waals surface area (Å²) in [5.74, 6) is 0.625. The summed E-state index contributed by atoms with van der Waals surface area (Å²) in [6, 6.07) is 1.90. The molecule has 1 aromatic heterocycles. The molecule has 1 heterocycles. The Morgan fingerprint density at radius 1 is 1.24 bits per heavy atom. The standard InChI is InChI=1S/C13H23N3O/c1-4-7-11-8-12(16-10-15-11)17-9-13(14,5-2)6-3/h8,10H,4-7,9,14H2,1-3H3. The highest BCUT2D eigenvalue weighted by Gasteiger charge is 2.21. The van der Waals surface area contributed by atoms with E-state index in [1.807, 2.05) is 6.07 Å². The van der Waals surface area contributed by atoms with Crippen molar-refractivity contribution in [3.05, 3.63) is 18.1 Å². The topological polar surface area (TPSA) is 61.0 Å². The molecule has 4 heteroatoms. The molecular weight excluding hydrogens is 214 g/mol. The molecule has 0 aliphatic carbocycles. The number of hydrogen-bond acceptors (Lipinski definition) is 4. The summed E-state index contributed by atoms with van der Waals surface area (Å²) in [4.78, 5) is 8.30. The molecule has 0 spiro atoms. The van der Waals surface area contributed by atoms with Gasteiger partial charge in [-0.3, -0.25) is 0 Å². The summed E-state index contributed by atoms with van der Waals surface area (Å²) < 4.78 is 5.66. The first-order valence-corrected chi connectivity index (χ1v) is 6.36. The lowest BCUT2D eigenvalue weighted by molar-refractivity contribution is 0.200. The summed E-state index contributed by atoms with van der Waals surface area (Å²) in [6.07, 6.45) is 5.37. The monoisotopic (exact) mass is 237 g/mol. The van der Waals surface area contributed by atoms with Gasteiger partial charge in [0, 0.05) is 17.3 Å². The van der Waals surface area contributed by atoms with E-state index in [2.05, 4.69) is 30.7 Å². The van der Waals surface area contributed by atoms with Crippen LogP contribution in [-0.2, 0) is 6.42 Å². The van der Waals surface area contributed by atoms with Crippen molar-refractivity contribution in [3.63, 3.8) is 0 Å². The molecular formula is C13H23N3O. The fourth-order valence-electron chi connectivity index (χ4n) is 1.52. The molecule has 0 bridgehead atoms. The maximum absolute atomic E-state index is 6.17. The summed E-state index contributed by atoms with van der Waals surface area (Å²) in [7, 11) is 0. The second-order valence-corrected chi connectivity index (χ2v) is 4.46. The quantitative estimate of drug-likeness (QED) is 0.790. The number of nitrogens with two attached hydrogens (primary N) is 1. The number of aryl methyl sites for hydroxylation is 1. The van der Waals surface area contributed by atoms with Crippen LogP contribution in [0.3, 0.4) is 0 Å². The van der Waals surface area contributed by atoms with Gasteiger partial charge in [-0.15, -0.1) is 0 Å². The summed E-state index contributed by atoms with van der Waals surface area (Å²) in [5.41, 5.74) is 6.94. The van der Waals surface area contributed by atoms with Gasteiger partial charge < -0.3 is 10.5 Å². The predicted octanol–water partition coefficient (Wildman–Crippen LogP) is 2.33. The highest BCUT2D eigenvalue weighted by Crippen LogP contribution is 2.15. The Bertz CT molecular complexity index is 337. The zero-order chi connectivity index (χ0) is 12.7. The molecule has 0 saturated carbocycles. The second kappa shape index (κ2) is 6.55. The molecule has 0 unspecified atom stereocenters. The van der Waals surface area contributed by atoms with Crippen molar-refractivity contribution >= 4 is 0 Å². The number of hydrogen-bond donors (Lipinski definition) is 1. The van der Waals surface area contributed by atoms with Crippen LogP contribution in [0.1, 0.15) is 45.7 Å². The van der Waals surface area contributed by atoms with Crippen LogP contribution >= 0.6 is 0 Å². The van der Waals surface area contributed by atoms with Gasteiger partial charge in [-0.1, -0.05) is 27.2 Å². The normalized spacial score (nSPS) is 11.5. The Kier molecular flexibility index (Phi) is 5.35. The number of rotatable bonds is 7. The Balaban J connectivity index is 2.59. The smallest absolute Gasteiger partial charge is 0.216 e. The zero-order valence-corrected chi connectivity index (χ0v) is 11.1. The number of nitrogens with zero attached hydrogens (tertiary/aromatic N) is 2. The van der Waals surface area contributed by atoms with E-state index in [-0.39, 0.29) is 5.54 Å². The molecule has 96 valence electrons. The van der Waals surface area contributed by atoms with Crippen LogP contribution < -0.4 is 10.5 Å². The van der Waals surface area contributed by atoms with Crippen molar-refractivity contribution in [3.8, 4) is 5.88 Å². The van der Waals surface area contributed by atoms with Gasteiger partial charge >= 0.3 is 0 Å². The fraction of sp³-hybridized carbons (Fsp3) is 0.692. The lowest BCUT2D eigenvalue weighted by atomic mass is 9.96. The van der Waals surface area contributed by atoms with E-state index in [4.69, 9.17) is 10.5 Å². The van der Waals surface area contributed by atoms with Crippen LogP contribution in [-0.4, -0.2) is 22.1 Å². The highest BCUT2D eigenvalue weighted by atomic mass is 16.5. The molecule has 0 amide bonds. The van der Waals surface area contributed by atoms with Crippen molar-refractivity contribution in [2.24, 2.45) is 5.73 Å². The second-order valence-electron chi connectivity index (χ2n) is 4.46. The van der Waals surface area contributed by atoms with Gasteiger partial charge in [0.1, 0.15) is 12.9 Å². The van der Waals surface area contributed by atoms with Crippen molar-refractivity contribution in [2.75, 3.05) is 6.61 Å². The average molecular weight is 237 g/mol. The Morgan fingerprint density at radius 3 is 2.53 bits per heavy atom. The molecule has 4 nitrogen and oxygen atoms in total. The number of ether oxygens (including phenoxy) is 1. The van der Waals surface area contributed by atoms with Gasteiger partial charge in [-0.05, 0) is 19.3 Å². The van der Waals surface area contributed by atoms with E-state index in [0.29, 0.717) is 12.5 Å². The third-order valence-corrected chi connectivity index (χ3v) is 3.12. The van der Waals surface area contributed by atoms with Gasteiger partial charge in [0.05, 0.1) is 0 Å². The molecule has 0 fully saturated rings. The zero-order valence-electron chi connectivity index (χ0n) is 11.1. The molecule has 1 rings (SSSR count). The highest BCUT2D eigenvalue weighted by molar-refractivity contribution is 5.13. The largest absolute Gasteiger partial charge is 0.476 e. The van der Waals surface area contributed by atoms with Crippen LogP contribution in [0.5, 0.6) is 5.88 Å². The van der Waals surface area contributed by atoms with E-state index < -0.39 is 0 Å². The van der Waals surface area contributed by atoms with Gasteiger partial charge in [0.25, 0.3) is 0 Å². The van der Waals surface area contributed by atoms with Crippen molar-refractivity contribution in [2.45, 2.75) is 52.0 Å². The molecule has 0 aliphatic heterocycles. The average Bonchev–Trinajstić information content (AvgIpc) is 2.37. The first-order chi connectivity index (χ1) is 8.13. The van der Waals surface area contributed by atoms with E-state index >= 15 is 0 Å². The van der Waals surface area contributed by atoms with Crippen LogP contribution in [0.2, 0.25) is 0 Å². The molecule has 0 aliphatic rings. The molecule has 17 heavy (non-hydrogen) atoms. The lowest BCUT2D eigenvalue weighted by Crippen LogP contribution is -2.44. The minimum Gasteiger partial charge on any atom is -0.476 e. The summed E-state index contributed by atoms with van der Waals surface area (Å²) in [5, 5.41) is 0. The third-order valence-electron chi connectivity index (χ3n) is 3.12. The predicted molar refractivity (Wildman–Crippen MR) is 69.0 cm³/mol. The molecule has 0 aromatic carbocycles. The van der Waals surface area contributed by atoms with Gasteiger partial charge in [0.2, 0.25) is 5.88 Å². The maximum atomic E-state index is 6.17. The lowest BCUT2D eigenvalue weighted by Gasteiger charge is -2.26. The number of aromatic nitrogens is 2. The fourth-order valence-corrected chi connectivity index (χ4v) is 1.52. The Morgan fingerprint density at radius 2 is 1.94 bits per heavy atom. The third kappa shape index (κ3) is 4.30. The minimum atomic E-state index is -0.254. The van der Waals surface area contributed by atoms with Crippen molar-refractivity contribution < 1.29 is 4.74 Å². The molecule has 2 N–H and O–H groups in total. The Hall–Kier alpha value is -1.16. The van der Waals surface area contributed by atoms with Crippen LogP contribution in [0, 0.1) is 0 Å². The maximum Gasteiger partial charge on any atom is 0.216 e. The van der Waals surface area contributed by atoms with E-state index in [9.17, 15) is 0 Å². The first-order valence-electron chi connectivity index (χ1n) is 6.36. The molecule has 0 radical (unpaired) electrons. The molecule has 0 atom stereocenters. The van der Waals surface area contributed by atoms with Gasteiger partial charge in [0.15, 0.2) is 0 Å². The van der Waals surface area contributed by atoms with Crippen LogP contribution in [0.25, 0.3) is 0 Å². The van der Waals surface area contributed by atoms with E-state index in [0.717, 1.165) is 31.4 Å². The first kappa shape index (κ1) is 13.9. The summed E-state index contributed by atoms with van der Waals surface area (Å²) in [6.45, 7) is 6.79. The van der Waals surface area contributed by atoms with Crippen LogP contribution in [0.15, 0.2) is 12.4 Å². The SMILES string of the molecule is CCCc1cc(OCC(N)(CC)CC)ncn1. The van der Waals surface area contributed by atoms with Crippen molar-refractivity contribution in [1.29, 1.82) is 0 Å². The van der Waals surface area contributed by atoms with E-state index in [1.165, 1.54) is 0 Å². The Labute approximate surface area is 104 Å². The summed E-state index contributed by atoms with van der Waals surface area (Å²) >= 11 is 0. The van der Waals surface area contributed by atoms with Crippen molar-refractivity contribution in [1.82, 2.24) is 9.97 Å². The molecule has 0 saturated heterocycles. The minimum absolute atomic E-state index is 0.254. The van der Waals surface area contributed by atoms with Gasteiger partial charge in [-0.25, -0.2) is 9.97 Å².